The number of rotatable bonds is 7. The number of nitrogens with zero attached hydrogens (tertiary/aromatic N) is 3. The molecule has 0 unspecified atom stereocenters. The smallest absolute Gasteiger partial charge is 0.315 e. The number of urea groups is 1. The molecule has 0 atom stereocenters. The van der Waals surface area contributed by atoms with Crippen molar-refractivity contribution in [1.82, 2.24) is 25.8 Å². The average molecular weight is 417 g/mol. The minimum Gasteiger partial charge on any atom is -0.355 e. The first kappa shape index (κ1) is 22.3. The first-order valence-corrected chi connectivity index (χ1v) is 11.3. The molecule has 166 valence electrons. The second-order valence-corrected chi connectivity index (χ2v) is 8.43. The summed E-state index contributed by atoms with van der Waals surface area (Å²) in [7, 11) is 2.15. The first-order chi connectivity index (χ1) is 14.6. The second kappa shape index (κ2) is 11.7. The summed E-state index contributed by atoms with van der Waals surface area (Å²) in [5, 5.41) is 8.67. The summed E-state index contributed by atoms with van der Waals surface area (Å²) in [4.78, 5) is 33.2. The molecule has 2 aliphatic rings. The van der Waals surface area contributed by atoms with E-state index in [1.165, 1.54) is 19.3 Å². The summed E-state index contributed by atoms with van der Waals surface area (Å²) in [5.74, 6) is 0.918. The highest BCUT2D eigenvalue weighted by Gasteiger charge is 2.16. The second-order valence-electron chi connectivity index (χ2n) is 8.43. The number of likely N-dealkylation sites (N-methyl/N-ethyl adjacent to an activating group) is 1. The van der Waals surface area contributed by atoms with Gasteiger partial charge in [-0.05, 0) is 44.5 Å². The van der Waals surface area contributed by atoms with Crippen LogP contribution >= 0.6 is 0 Å². The van der Waals surface area contributed by atoms with Crippen LogP contribution in [0.1, 0.15) is 50.5 Å². The number of anilines is 1. The van der Waals surface area contributed by atoms with Crippen molar-refractivity contribution in [1.29, 1.82) is 0 Å². The number of carbonyl (C=O) groups excluding carboxylic acids is 2. The van der Waals surface area contributed by atoms with Crippen molar-refractivity contribution in [2.75, 3.05) is 44.7 Å². The number of nitrogens with one attached hydrogen (secondary N) is 3. The summed E-state index contributed by atoms with van der Waals surface area (Å²) in [6.07, 6.45) is 8.96. The number of hydrogen-bond acceptors (Lipinski definition) is 5. The first-order valence-electron chi connectivity index (χ1n) is 11.3. The van der Waals surface area contributed by atoms with Crippen LogP contribution in [-0.4, -0.2) is 67.6 Å². The van der Waals surface area contributed by atoms with E-state index in [9.17, 15) is 9.59 Å². The van der Waals surface area contributed by atoms with Gasteiger partial charge in [0.25, 0.3) is 0 Å². The zero-order valence-electron chi connectivity index (χ0n) is 18.2. The number of hydrogen-bond donors (Lipinski definition) is 3. The van der Waals surface area contributed by atoms with Gasteiger partial charge in [-0.1, -0.05) is 25.3 Å². The van der Waals surface area contributed by atoms with E-state index in [4.69, 9.17) is 0 Å². The maximum atomic E-state index is 12.1. The van der Waals surface area contributed by atoms with E-state index in [1.54, 1.807) is 0 Å². The highest BCUT2D eigenvalue weighted by atomic mass is 16.2. The van der Waals surface area contributed by atoms with Gasteiger partial charge in [-0.25, -0.2) is 9.78 Å². The van der Waals surface area contributed by atoms with Gasteiger partial charge in [-0.3, -0.25) is 4.79 Å². The fourth-order valence-electron chi connectivity index (χ4n) is 4.05. The molecule has 3 rings (SSSR count). The summed E-state index contributed by atoms with van der Waals surface area (Å²) < 4.78 is 0. The zero-order valence-corrected chi connectivity index (χ0v) is 18.2. The SMILES string of the molecule is CN1CCCN(c2ccc(CNC(=O)CCNC(=O)NC3CCCCC3)cn2)CC1. The van der Waals surface area contributed by atoms with Gasteiger partial charge in [0.15, 0.2) is 0 Å². The lowest BCUT2D eigenvalue weighted by Crippen LogP contribution is -2.43. The maximum Gasteiger partial charge on any atom is 0.315 e. The van der Waals surface area contributed by atoms with Crippen LogP contribution in [0.15, 0.2) is 18.3 Å². The van der Waals surface area contributed by atoms with Crippen molar-refractivity contribution in [3.63, 3.8) is 0 Å². The Balaban J connectivity index is 1.32. The largest absolute Gasteiger partial charge is 0.355 e. The summed E-state index contributed by atoms with van der Waals surface area (Å²) in [6.45, 7) is 4.97. The molecule has 8 heteroatoms. The summed E-state index contributed by atoms with van der Waals surface area (Å²) in [6, 6.07) is 4.16. The van der Waals surface area contributed by atoms with Crippen LogP contribution in [0.3, 0.4) is 0 Å². The molecule has 8 nitrogen and oxygen atoms in total. The Kier molecular flexibility index (Phi) is 8.74. The summed E-state index contributed by atoms with van der Waals surface area (Å²) in [5.41, 5.74) is 0.974. The minimum atomic E-state index is -0.172. The molecule has 1 saturated heterocycles. The zero-order chi connectivity index (χ0) is 21.2. The lowest BCUT2D eigenvalue weighted by atomic mass is 9.96. The van der Waals surface area contributed by atoms with Crippen LogP contribution in [0, 0.1) is 0 Å². The predicted molar refractivity (Wildman–Crippen MR) is 118 cm³/mol. The number of aromatic nitrogens is 1. The third-order valence-electron chi connectivity index (χ3n) is 5.92. The van der Waals surface area contributed by atoms with Crippen LogP contribution < -0.4 is 20.9 Å². The third-order valence-corrected chi connectivity index (χ3v) is 5.92. The molecule has 1 aromatic heterocycles. The molecule has 3 amide bonds. The Morgan fingerprint density at radius 1 is 1.03 bits per heavy atom. The highest BCUT2D eigenvalue weighted by molar-refractivity contribution is 5.78. The minimum absolute atomic E-state index is 0.0763. The van der Waals surface area contributed by atoms with Crippen molar-refractivity contribution in [2.24, 2.45) is 0 Å². The molecule has 0 aromatic carbocycles. The van der Waals surface area contributed by atoms with E-state index in [1.807, 2.05) is 18.3 Å². The molecule has 3 N–H and O–H groups in total. The predicted octanol–water partition coefficient (Wildman–Crippen LogP) is 1.86. The molecule has 2 heterocycles. The van der Waals surface area contributed by atoms with E-state index in [0.717, 1.165) is 56.8 Å². The lowest BCUT2D eigenvalue weighted by molar-refractivity contribution is -0.121. The standard InChI is InChI=1S/C22H36N6O2/c1-27-12-5-13-28(15-14-27)20-9-8-18(16-24-20)17-25-21(29)10-11-23-22(30)26-19-6-3-2-4-7-19/h8-9,16,19H,2-7,10-15,17H2,1H3,(H,25,29)(H2,23,26,30). The molecular weight excluding hydrogens is 380 g/mol. The average Bonchev–Trinajstić information content (AvgIpc) is 2.98. The van der Waals surface area contributed by atoms with Crippen molar-refractivity contribution < 1.29 is 9.59 Å². The van der Waals surface area contributed by atoms with Crippen molar-refractivity contribution in [3.05, 3.63) is 23.9 Å². The van der Waals surface area contributed by atoms with Crippen molar-refractivity contribution >= 4 is 17.8 Å². The van der Waals surface area contributed by atoms with Crippen LogP contribution in [-0.2, 0) is 11.3 Å². The van der Waals surface area contributed by atoms with Gasteiger partial charge in [-0.2, -0.15) is 0 Å². The number of pyridine rings is 1. The maximum absolute atomic E-state index is 12.1. The Morgan fingerprint density at radius 2 is 1.87 bits per heavy atom. The van der Waals surface area contributed by atoms with Gasteiger partial charge < -0.3 is 25.8 Å². The topological polar surface area (TPSA) is 89.6 Å². The molecule has 2 fully saturated rings. The van der Waals surface area contributed by atoms with Crippen LogP contribution in [0.4, 0.5) is 10.6 Å². The Hall–Kier alpha value is -2.35. The molecule has 1 aromatic rings. The van der Waals surface area contributed by atoms with Crippen LogP contribution in [0.5, 0.6) is 0 Å². The third kappa shape index (κ3) is 7.48. The number of carbonyl (C=O) groups is 2. The molecule has 1 aliphatic carbocycles. The van der Waals surface area contributed by atoms with E-state index in [0.29, 0.717) is 13.1 Å². The summed E-state index contributed by atoms with van der Waals surface area (Å²) >= 11 is 0. The van der Waals surface area contributed by atoms with Crippen molar-refractivity contribution in [3.8, 4) is 0 Å². The van der Waals surface area contributed by atoms with Gasteiger partial charge in [0.2, 0.25) is 5.91 Å². The fraction of sp³-hybridized carbons (Fsp3) is 0.682. The van der Waals surface area contributed by atoms with Gasteiger partial charge in [0.1, 0.15) is 5.82 Å². The lowest BCUT2D eigenvalue weighted by Gasteiger charge is -2.22. The molecule has 0 spiro atoms. The Morgan fingerprint density at radius 3 is 2.63 bits per heavy atom. The fourth-order valence-corrected chi connectivity index (χ4v) is 4.05. The van der Waals surface area contributed by atoms with Crippen LogP contribution in [0.2, 0.25) is 0 Å². The molecule has 1 aliphatic heterocycles. The Labute approximate surface area is 179 Å². The van der Waals surface area contributed by atoms with Gasteiger partial charge in [-0.15, -0.1) is 0 Å². The van der Waals surface area contributed by atoms with Crippen LogP contribution in [0.25, 0.3) is 0 Å². The molecule has 0 bridgehead atoms. The van der Waals surface area contributed by atoms with Crippen molar-refractivity contribution in [2.45, 2.75) is 57.5 Å². The quantitative estimate of drug-likeness (QED) is 0.631. The molecule has 0 radical (unpaired) electrons. The van der Waals surface area contributed by atoms with Gasteiger partial charge >= 0.3 is 6.03 Å². The van der Waals surface area contributed by atoms with E-state index >= 15 is 0 Å². The van der Waals surface area contributed by atoms with E-state index in [-0.39, 0.29) is 24.4 Å². The van der Waals surface area contributed by atoms with E-state index in [2.05, 4.69) is 37.8 Å². The molecule has 1 saturated carbocycles. The Bertz CT molecular complexity index is 675. The van der Waals surface area contributed by atoms with Gasteiger partial charge in [0, 0.05) is 51.4 Å². The monoisotopic (exact) mass is 416 g/mol. The van der Waals surface area contributed by atoms with Gasteiger partial charge in [0.05, 0.1) is 0 Å². The highest BCUT2D eigenvalue weighted by Crippen LogP contribution is 2.17. The molecular formula is C22H36N6O2. The normalized spacial score (nSPS) is 18.5. The van der Waals surface area contributed by atoms with E-state index < -0.39 is 0 Å². The number of amides is 3. The molecule has 30 heavy (non-hydrogen) atoms.